The van der Waals surface area contributed by atoms with E-state index in [-0.39, 0.29) is 17.1 Å². The van der Waals surface area contributed by atoms with Gasteiger partial charge in [0, 0.05) is 12.1 Å². The Morgan fingerprint density at radius 3 is 2.68 bits per heavy atom. The number of ether oxygens (including phenoxy) is 1. The summed E-state index contributed by atoms with van der Waals surface area (Å²) in [5.41, 5.74) is 0.524. The number of hydrogen-bond donors (Lipinski definition) is 1. The Labute approximate surface area is 184 Å². The molecule has 0 fully saturated rings. The zero-order valence-corrected chi connectivity index (χ0v) is 18.3. The maximum absolute atomic E-state index is 13.9. The highest BCUT2D eigenvalue weighted by atomic mass is 32.2. The third-order valence-corrected chi connectivity index (χ3v) is 5.61. The van der Waals surface area contributed by atoms with Gasteiger partial charge in [-0.05, 0) is 38.1 Å². The fourth-order valence-electron chi connectivity index (χ4n) is 3.02. The average molecular weight is 443 g/mol. The van der Waals surface area contributed by atoms with Crippen molar-refractivity contribution >= 4 is 23.5 Å². The molecule has 3 rings (SSSR count). The molecule has 7 nitrogen and oxygen atoms in total. The van der Waals surface area contributed by atoms with E-state index in [4.69, 9.17) is 4.74 Å². The summed E-state index contributed by atoms with van der Waals surface area (Å²) in [5, 5.41) is 11.7. The average Bonchev–Trinajstić information content (AvgIpc) is 3.20. The summed E-state index contributed by atoms with van der Waals surface area (Å²) in [6.45, 7) is 4.23. The van der Waals surface area contributed by atoms with Crippen molar-refractivity contribution in [2.75, 3.05) is 12.9 Å². The molecule has 3 aromatic rings. The van der Waals surface area contributed by atoms with Gasteiger partial charge in [0.25, 0.3) is 5.91 Å². The third kappa shape index (κ3) is 5.29. The molecule has 0 aliphatic heterocycles. The summed E-state index contributed by atoms with van der Waals surface area (Å²) >= 11 is 1.27. The van der Waals surface area contributed by atoms with Crippen LogP contribution in [0.5, 0.6) is 5.75 Å². The topological polar surface area (TPSA) is 86.1 Å². The van der Waals surface area contributed by atoms with Crippen molar-refractivity contribution < 1.29 is 18.7 Å². The molecule has 0 bridgehead atoms. The summed E-state index contributed by atoms with van der Waals surface area (Å²) in [4.78, 5) is 24.9. The van der Waals surface area contributed by atoms with Gasteiger partial charge in [0.15, 0.2) is 16.8 Å². The van der Waals surface area contributed by atoms with Crippen molar-refractivity contribution in [1.29, 1.82) is 0 Å². The van der Waals surface area contributed by atoms with Gasteiger partial charge in [-0.3, -0.25) is 9.59 Å². The number of Topliss-reactive ketones (excluding diaryl/α,β-unsaturated/α-hetero) is 1. The van der Waals surface area contributed by atoms with Gasteiger partial charge in [-0.2, -0.15) is 0 Å². The Balaban J connectivity index is 1.69. The quantitative estimate of drug-likeness (QED) is 0.399. The van der Waals surface area contributed by atoms with Crippen molar-refractivity contribution in [2.24, 2.45) is 0 Å². The van der Waals surface area contributed by atoms with Gasteiger partial charge in [-0.1, -0.05) is 36.0 Å². The van der Waals surface area contributed by atoms with E-state index in [0.717, 1.165) is 0 Å². The van der Waals surface area contributed by atoms with E-state index in [9.17, 15) is 14.0 Å². The molecule has 1 aromatic heterocycles. The van der Waals surface area contributed by atoms with Gasteiger partial charge >= 0.3 is 0 Å². The molecule has 0 saturated carbocycles. The van der Waals surface area contributed by atoms with Gasteiger partial charge in [-0.25, -0.2) is 4.39 Å². The normalized spacial score (nSPS) is 11.7. The molecule has 31 heavy (non-hydrogen) atoms. The molecule has 2 aromatic carbocycles. The first-order valence-electron chi connectivity index (χ1n) is 9.73. The Morgan fingerprint density at radius 1 is 1.19 bits per heavy atom. The Kier molecular flexibility index (Phi) is 7.41. The van der Waals surface area contributed by atoms with E-state index >= 15 is 0 Å². The van der Waals surface area contributed by atoms with Crippen LogP contribution in [0.4, 0.5) is 4.39 Å². The fraction of sp³-hybridized carbons (Fsp3) is 0.273. The second-order valence-electron chi connectivity index (χ2n) is 6.70. The number of benzene rings is 2. The van der Waals surface area contributed by atoms with Crippen LogP contribution in [0.2, 0.25) is 0 Å². The maximum atomic E-state index is 13.9. The smallest absolute Gasteiger partial charge is 0.254 e. The first-order chi connectivity index (χ1) is 14.9. The first kappa shape index (κ1) is 22.5. The lowest BCUT2D eigenvalue weighted by Crippen LogP contribution is -2.29. The molecule has 0 saturated heterocycles. The zero-order chi connectivity index (χ0) is 22.4. The van der Waals surface area contributed by atoms with Gasteiger partial charge < -0.3 is 14.6 Å². The van der Waals surface area contributed by atoms with Crippen LogP contribution >= 0.6 is 11.8 Å². The number of methoxy groups -OCH3 is 1. The summed E-state index contributed by atoms with van der Waals surface area (Å²) in [5.74, 6) is 0.159. The molecule has 1 N–H and O–H groups in total. The molecule has 1 heterocycles. The van der Waals surface area contributed by atoms with Crippen molar-refractivity contribution in [3.63, 3.8) is 0 Å². The number of halogens is 1. The van der Waals surface area contributed by atoms with Gasteiger partial charge in [0.1, 0.15) is 11.6 Å². The largest absolute Gasteiger partial charge is 0.497 e. The molecule has 1 amide bonds. The molecule has 0 spiro atoms. The summed E-state index contributed by atoms with van der Waals surface area (Å²) in [6.07, 6.45) is 0. The SMILES string of the molecule is CCn1c(SCC(=O)c2cccc(OC)c2)nnc1[C@@H](C)NC(=O)c1ccccc1F. The van der Waals surface area contributed by atoms with Crippen LogP contribution < -0.4 is 10.1 Å². The van der Waals surface area contributed by atoms with E-state index in [1.807, 2.05) is 11.5 Å². The number of nitrogens with one attached hydrogen (secondary N) is 1. The van der Waals surface area contributed by atoms with Crippen LogP contribution in [0.3, 0.4) is 0 Å². The van der Waals surface area contributed by atoms with E-state index in [1.54, 1.807) is 44.4 Å². The zero-order valence-electron chi connectivity index (χ0n) is 17.5. The minimum Gasteiger partial charge on any atom is -0.497 e. The van der Waals surface area contributed by atoms with E-state index < -0.39 is 17.8 Å². The van der Waals surface area contributed by atoms with Crippen molar-refractivity contribution in [3.8, 4) is 5.75 Å². The molecule has 1 atom stereocenters. The van der Waals surface area contributed by atoms with E-state index in [2.05, 4.69) is 15.5 Å². The highest BCUT2D eigenvalue weighted by Gasteiger charge is 2.21. The number of hydrogen-bond acceptors (Lipinski definition) is 6. The van der Waals surface area contributed by atoms with Crippen LogP contribution in [-0.2, 0) is 6.54 Å². The van der Waals surface area contributed by atoms with Crippen molar-refractivity contribution in [2.45, 2.75) is 31.6 Å². The van der Waals surface area contributed by atoms with Crippen LogP contribution in [0.25, 0.3) is 0 Å². The third-order valence-electron chi connectivity index (χ3n) is 4.64. The number of aromatic nitrogens is 3. The Bertz CT molecular complexity index is 1090. The molecule has 0 unspecified atom stereocenters. The van der Waals surface area contributed by atoms with Crippen LogP contribution in [-0.4, -0.2) is 39.3 Å². The molecular weight excluding hydrogens is 419 g/mol. The molecular formula is C22H23FN4O3S. The highest BCUT2D eigenvalue weighted by Crippen LogP contribution is 2.23. The number of amides is 1. The second-order valence-corrected chi connectivity index (χ2v) is 7.65. The lowest BCUT2D eigenvalue weighted by molar-refractivity contribution is 0.0932. The lowest BCUT2D eigenvalue weighted by Gasteiger charge is -2.15. The number of carbonyl (C=O) groups is 2. The van der Waals surface area contributed by atoms with Crippen LogP contribution in [0.1, 0.15) is 46.4 Å². The lowest BCUT2D eigenvalue weighted by atomic mass is 10.1. The van der Waals surface area contributed by atoms with Gasteiger partial charge in [-0.15, -0.1) is 10.2 Å². The van der Waals surface area contributed by atoms with Crippen molar-refractivity contribution in [3.05, 3.63) is 71.3 Å². The molecule has 162 valence electrons. The number of thioether (sulfide) groups is 1. The number of nitrogens with zero attached hydrogens (tertiary/aromatic N) is 3. The minimum atomic E-state index is -0.587. The van der Waals surface area contributed by atoms with E-state index in [1.165, 1.54) is 30.0 Å². The number of rotatable bonds is 9. The first-order valence-corrected chi connectivity index (χ1v) is 10.7. The second kappa shape index (κ2) is 10.2. The number of carbonyl (C=O) groups excluding carboxylic acids is 2. The Hall–Kier alpha value is -3.20. The standard InChI is InChI=1S/C22H23FN4O3S/c1-4-27-20(14(2)24-21(29)17-10-5-6-11-18(17)23)25-26-22(27)31-13-19(28)15-8-7-9-16(12-15)30-3/h5-12,14H,4,13H2,1-3H3,(H,24,29)/t14-/m1/s1. The minimum absolute atomic E-state index is 0.0320. The summed E-state index contributed by atoms with van der Waals surface area (Å²) < 4.78 is 20.9. The van der Waals surface area contributed by atoms with E-state index in [0.29, 0.717) is 28.8 Å². The highest BCUT2D eigenvalue weighted by molar-refractivity contribution is 7.99. The number of ketones is 1. The molecule has 0 aliphatic rings. The van der Waals surface area contributed by atoms with Gasteiger partial charge in [0.2, 0.25) is 0 Å². The molecule has 9 heteroatoms. The molecule has 0 aliphatic carbocycles. The Morgan fingerprint density at radius 2 is 1.97 bits per heavy atom. The van der Waals surface area contributed by atoms with Crippen LogP contribution in [0, 0.1) is 5.82 Å². The van der Waals surface area contributed by atoms with Crippen LogP contribution in [0.15, 0.2) is 53.7 Å². The van der Waals surface area contributed by atoms with Crippen molar-refractivity contribution in [1.82, 2.24) is 20.1 Å². The predicted octanol–water partition coefficient (Wildman–Crippen LogP) is 3.91. The monoisotopic (exact) mass is 442 g/mol. The van der Waals surface area contributed by atoms with Gasteiger partial charge in [0.05, 0.1) is 24.5 Å². The molecule has 0 radical (unpaired) electrons. The predicted molar refractivity (Wildman–Crippen MR) is 116 cm³/mol. The maximum Gasteiger partial charge on any atom is 0.254 e. The summed E-state index contributed by atoms with van der Waals surface area (Å²) in [6, 6.07) is 12.3. The summed E-state index contributed by atoms with van der Waals surface area (Å²) in [7, 11) is 1.55. The fourth-order valence-corrected chi connectivity index (χ4v) is 3.92.